The van der Waals surface area contributed by atoms with Crippen LogP contribution in [-0.4, -0.2) is 20.5 Å². The number of aromatic nitrogens is 2. The summed E-state index contributed by atoms with van der Waals surface area (Å²) in [7, 11) is 0. The molecule has 0 saturated heterocycles. The highest BCUT2D eigenvalue weighted by molar-refractivity contribution is 6.00. The largest absolute Gasteiger partial charge is 0.280 e. The summed E-state index contributed by atoms with van der Waals surface area (Å²) in [4.78, 5) is 40.7. The number of para-hydroxylation sites is 1. The number of carbonyl (C=O) groups is 1. The lowest BCUT2D eigenvalue weighted by molar-refractivity contribution is -0.384. The predicted molar refractivity (Wildman–Crippen MR) is 113 cm³/mol. The summed E-state index contributed by atoms with van der Waals surface area (Å²) in [6.45, 7) is 1.95. The number of aryl methyl sites for hydroxylation is 1. The molecule has 0 spiro atoms. The van der Waals surface area contributed by atoms with E-state index in [1.165, 1.54) is 24.3 Å². The van der Waals surface area contributed by atoms with E-state index in [-0.39, 0.29) is 17.1 Å². The van der Waals surface area contributed by atoms with E-state index < -0.39 is 16.4 Å². The lowest BCUT2D eigenvalue weighted by atomic mass is 10.1. The molecule has 0 fully saturated rings. The van der Waals surface area contributed by atoms with Gasteiger partial charge in [0, 0.05) is 23.3 Å². The molecule has 0 bridgehead atoms. The molecular weight excluding hydrogens is 384 g/mol. The molecule has 1 heterocycles. The van der Waals surface area contributed by atoms with E-state index in [1.807, 2.05) is 31.2 Å². The molecular formula is C22H16N4O4. The minimum absolute atomic E-state index is 0.128. The number of carbonyl (C=O) groups excluding carboxylic acids is 1. The zero-order chi connectivity index (χ0) is 21.3. The molecule has 0 aliphatic heterocycles. The summed E-state index contributed by atoms with van der Waals surface area (Å²) in [5.41, 5.74) is 4.42. The smallest absolute Gasteiger partial charge is 0.267 e. The van der Waals surface area contributed by atoms with Gasteiger partial charge in [-0.05, 0) is 31.2 Å². The van der Waals surface area contributed by atoms with Gasteiger partial charge in [-0.2, -0.15) is 4.68 Å². The number of fused-ring (bicyclic) bond motifs is 1. The van der Waals surface area contributed by atoms with Gasteiger partial charge in [0.15, 0.2) is 5.82 Å². The van der Waals surface area contributed by atoms with Crippen LogP contribution in [0.4, 0.5) is 5.69 Å². The number of nitro groups is 1. The zero-order valence-electron chi connectivity index (χ0n) is 15.9. The van der Waals surface area contributed by atoms with Gasteiger partial charge in [0.1, 0.15) is 0 Å². The van der Waals surface area contributed by atoms with Crippen molar-refractivity contribution >= 4 is 22.5 Å². The first-order valence-electron chi connectivity index (χ1n) is 9.09. The molecule has 1 aromatic heterocycles. The molecule has 0 radical (unpaired) electrons. The molecule has 148 valence electrons. The van der Waals surface area contributed by atoms with E-state index in [1.54, 1.807) is 24.3 Å². The molecule has 0 unspecified atom stereocenters. The summed E-state index contributed by atoms with van der Waals surface area (Å²) in [6, 6.07) is 19.4. The predicted octanol–water partition coefficient (Wildman–Crippen LogP) is 3.66. The second-order valence-corrected chi connectivity index (χ2v) is 6.70. The SMILES string of the molecule is Cc1ccc(-c2nc3ccccc3c(=O)n2NC(=O)c2ccc([N+](=O)[O-])cc2)cc1. The molecule has 4 aromatic rings. The summed E-state index contributed by atoms with van der Waals surface area (Å²) < 4.78 is 1.11. The van der Waals surface area contributed by atoms with E-state index in [0.29, 0.717) is 16.5 Å². The highest BCUT2D eigenvalue weighted by Gasteiger charge is 2.16. The minimum atomic E-state index is -0.586. The van der Waals surface area contributed by atoms with Crippen molar-refractivity contribution in [3.63, 3.8) is 0 Å². The maximum absolute atomic E-state index is 13.1. The van der Waals surface area contributed by atoms with Crippen LogP contribution in [0.3, 0.4) is 0 Å². The first kappa shape index (κ1) is 19.0. The number of nitrogens with zero attached hydrogens (tertiary/aromatic N) is 3. The number of hydrogen-bond acceptors (Lipinski definition) is 5. The quantitative estimate of drug-likeness (QED) is 0.415. The van der Waals surface area contributed by atoms with Crippen molar-refractivity contribution in [2.24, 2.45) is 0 Å². The topological polar surface area (TPSA) is 107 Å². The fourth-order valence-electron chi connectivity index (χ4n) is 3.03. The van der Waals surface area contributed by atoms with Crippen molar-refractivity contribution in [1.29, 1.82) is 0 Å². The Hall–Kier alpha value is -4.33. The van der Waals surface area contributed by atoms with Crippen molar-refractivity contribution in [3.05, 3.63) is 104 Å². The van der Waals surface area contributed by atoms with Crippen LogP contribution in [-0.2, 0) is 0 Å². The van der Waals surface area contributed by atoms with Crippen LogP contribution in [0.15, 0.2) is 77.6 Å². The number of nitro benzene ring substituents is 1. The standard InChI is InChI=1S/C22H16N4O4/c1-14-6-8-15(9-7-14)20-23-19-5-3-2-4-18(19)22(28)25(20)24-21(27)16-10-12-17(13-11-16)26(29)30/h2-13H,1H3,(H,24,27). The van der Waals surface area contributed by atoms with Crippen LogP contribution < -0.4 is 11.0 Å². The van der Waals surface area contributed by atoms with E-state index in [2.05, 4.69) is 10.4 Å². The maximum Gasteiger partial charge on any atom is 0.280 e. The highest BCUT2D eigenvalue weighted by Crippen LogP contribution is 2.19. The molecule has 3 aromatic carbocycles. The molecule has 1 amide bonds. The number of non-ortho nitro benzene ring substituents is 1. The van der Waals surface area contributed by atoms with Gasteiger partial charge in [-0.3, -0.25) is 25.1 Å². The fraction of sp³-hybridized carbons (Fsp3) is 0.0455. The van der Waals surface area contributed by atoms with Crippen molar-refractivity contribution in [1.82, 2.24) is 9.66 Å². The van der Waals surface area contributed by atoms with Crippen LogP contribution in [0.2, 0.25) is 0 Å². The van der Waals surface area contributed by atoms with Crippen LogP contribution in [0, 0.1) is 17.0 Å². The number of rotatable bonds is 4. The van der Waals surface area contributed by atoms with Gasteiger partial charge >= 0.3 is 0 Å². The monoisotopic (exact) mass is 400 g/mol. The molecule has 30 heavy (non-hydrogen) atoms. The van der Waals surface area contributed by atoms with E-state index in [4.69, 9.17) is 0 Å². The Morgan fingerprint density at radius 2 is 1.67 bits per heavy atom. The lowest BCUT2D eigenvalue weighted by Gasteiger charge is -2.15. The minimum Gasteiger partial charge on any atom is -0.267 e. The number of nitrogens with one attached hydrogen (secondary N) is 1. The Morgan fingerprint density at radius 3 is 2.33 bits per heavy atom. The summed E-state index contributed by atoms with van der Waals surface area (Å²) in [5.74, 6) is -0.300. The van der Waals surface area contributed by atoms with Gasteiger partial charge in [0.05, 0.1) is 15.8 Å². The Kier molecular flexibility index (Phi) is 4.81. The van der Waals surface area contributed by atoms with Gasteiger partial charge in [-0.1, -0.05) is 42.0 Å². The molecule has 8 heteroatoms. The van der Waals surface area contributed by atoms with Gasteiger partial charge < -0.3 is 0 Å². The lowest BCUT2D eigenvalue weighted by Crippen LogP contribution is -2.35. The third kappa shape index (κ3) is 3.53. The Labute approximate surface area is 170 Å². The van der Waals surface area contributed by atoms with Crippen LogP contribution in [0.5, 0.6) is 0 Å². The third-order valence-corrected chi connectivity index (χ3v) is 4.64. The molecule has 8 nitrogen and oxygen atoms in total. The van der Waals surface area contributed by atoms with E-state index >= 15 is 0 Å². The van der Waals surface area contributed by atoms with Crippen LogP contribution in [0.25, 0.3) is 22.3 Å². The van der Waals surface area contributed by atoms with Crippen molar-refractivity contribution in [2.45, 2.75) is 6.92 Å². The number of amides is 1. The molecule has 4 rings (SSSR count). The van der Waals surface area contributed by atoms with Gasteiger partial charge in [0.2, 0.25) is 0 Å². The van der Waals surface area contributed by atoms with Gasteiger partial charge in [-0.25, -0.2) is 4.98 Å². The van der Waals surface area contributed by atoms with E-state index in [0.717, 1.165) is 10.2 Å². The Balaban J connectivity index is 1.82. The highest BCUT2D eigenvalue weighted by atomic mass is 16.6. The first-order chi connectivity index (χ1) is 14.4. The van der Waals surface area contributed by atoms with Crippen LogP contribution in [0.1, 0.15) is 15.9 Å². The average Bonchev–Trinajstić information content (AvgIpc) is 2.76. The number of hydrogen-bond donors (Lipinski definition) is 1. The van der Waals surface area contributed by atoms with Crippen molar-refractivity contribution in [3.8, 4) is 11.4 Å². The second-order valence-electron chi connectivity index (χ2n) is 6.70. The van der Waals surface area contributed by atoms with Gasteiger partial charge in [-0.15, -0.1) is 0 Å². The van der Waals surface area contributed by atoms with Crippen molar-refractivity contribution < 1.29 is 9.72 Å². The molecule has 0 aliphatic carbocycles. The van der Waals surface area contributed by atoms with Crippen LogP contribution >= 0.6 is 0 Å². The summed E-state index contributed by atoms with van der Waals surface area (Å²) in [5, 5.41) is 11.2. The first-order valence-corrected chi connectivity index (χ1v) is 9.09. The molecule has 0 atom stereocenters. The maximum atomic E-state index is 13.1. The Morgan fingerprint density at radius 1 is 1.00 bits per heavy atom. The average molecular weight is 400 g/mol. The summed E-state index contributed by atoms with van der Waals surface area (Å²) in [6.07, 6.45) is 0. The molecule has 0 aliphatic rings. The zero-order valence-corrected chi connectivity index (χ0v) is 15.9. The Bertz CT molecular complexity index is 1330. The normalized spacial score (nSPS) is 10.7. The third-order valence-electron chi connectivity index (χ3n) is 4.64. The molecule has 0 saturated carbocycles. The van der Waals surface area contributed by atoms with Crippen molar-refractivity contribution in [2.75, 3.05) is 5.43 Å². The van der Waals surface area contributed by atoms with E-state index in [9.17, 15) is 19.7 Å². The second kappa shape index (κ2) is 7.59. The fourth-order valence-corrected chi connectivity index (χ4v) is 3.03. The molecule has 1 N–H and O–H groups in total. The summed E-state index contributed by atoms with van der Waals surface area (Å²) >= 11 is 0. The van der Waals surface area contributed by atoms with Gasteiger partial charge in [0.25, 0.3) is 17.2 Å². The number of benzene rings is 3.